The smallest absolute Gasteiger partial charge is 0.217 e. The third kappa shape index (κ3) is 5.19. The van der Waals surface area contributed by atoms with E-state index >= 15 is 0 Å². The summed E-state index contributed by atoms with van der Waals surface area (Å²) in [7, 11) is 0. The standard InChI is InChI=1S/C42H34N6O5/c1-7-12-43-41-20(2)17-42(53-41,33-22(4)31(46-39(51)23(33)5)15-25-8-9-26-13-29(49)18-44-35(26)21(25)3)34-24(6)40(52)47-32-16-28-11-10-27-14-30(50)19-45-36(27)37(28)48-38(32)34/h7-16,18-19,49-50H,2-3,17H2,1,4-6H3,(H,46,51)(H,47,52)/b12-7-,25-15-,43-41+. The molecule has 4 N–H and O–H groups in total. The second-order valence-electron chi connectivity index (χ2n) is 13.3. The summed E-state index contributed by atoms with van der Waals surface area (Å²) in [6.07, 6.45) is 8.17. The molecule has 0 bridgehead atoms. The number of aliphatic imine (C=N–C) groups is 1. The van der Waals surface area contributed by atoms with Crippen LogP contribution in [0.4, 0.5) is 0 Å². The molecule has 0 radical (unpaired) electrons. The lowest BCUT2D eigenvalue weighted by atomic mass is 9.76. The van der Waals surface area contributed by atoms with Gasteiger partial charge in [-0.1, -0.05) is 43.5 Å². The molecule has 262 valence electrons. The molecule has 1 atom stereocenters. The van der Waals surface area contributed by atoms with Gasteiger partial charge in [-0.15, -0.1) is 0 Å². The van der Waals surface area contributed by atoms with Crippen molar-refractivity contribution in [2.75, 3.05) is 0 Å². The van der Waals surface area contributed by atoms with Crippen molar-refractivity contribution in [1.82, 2.24) is 24.9 Å². The molecular formula is C42H34N6O5. The molecule has 1 fully saturated rings. The highest BCUT2D eigenvalue weighted by atomic mass is 16.5. The van der Waals surface area contributed by atoms with E-state index in [0.29, 0.717) is 88.4 Å². The van der Waals surface area contributed by atoms with Gasteiger partial charge >= 0.3 is 0 Å². The van der Waals surface area contributed by atoms with Gasteiger partial charge in [0, 0.05) is 61.8 Å². The Bertz CT molecular complexity index is 2940. The Morgan fingerprint density at radius 2 is 1.36 bits per heavy atom. The first-order valence-electron chi connectivity index (χ1n) is 16.9. The summed E-state index contributed by atoms with van der Waals surface area (Å²) >= 11 is 0. The van der Waals surface area contributed by atoms with E-state index in [4.69, 9.17) is 9.72 Å². The van der Waals surface area contributed by atoms with E-state index in [0.717, 1.165) is 10.8 Å². The second-order valence-corrected chi connectivity index (χ2v) is 13.3. The third-order valence-corrected chi connectivity index (χ3v) is 9.93. The lowest BCUT2D eigenvalue weighted by Gasteiger charge is -2.34. The average Bonchev–Trinajstić information content (AvgIpc) is 3.45. The fraction of sp³-hybridized carbons (Fsp3) is 0.143. The van der Waals surface area contributed by atoms with Gasteiger partial charge in [-0.3, -0.25) is 9.97 Å². The van der Waals surface area contributed by atoms with Gasteiger partial charge in [-0.2, -0.15) is 0 Å². The summed E-state index contributed by atoms with van der Waals surface area (Å²) in [4.78, 5) is 27.9. The van der Waals surface area contributed by atoms with E-state index < -0.39 is 5.60 Å². The van der Waals surface area contributed by atoms with Crippen LogP contribution in [0.2, 0.25) is 0 Å². The maximum Gasteiger partial charge on any atom is 0.217 e. The van der Waals surface area contributed by atoms with Crippen molar-refractivity contribution in [2.45, 2.75) is 39.7 Å². The first-order valence-corrected chi connectivity index (χ1v) is 16.9. The van der Waals surface area contributed by atoms with Crippen LogP contribution in [0.3, 0.4) is 0 Å². The minimum absolute atomic E-state index is 0.0341. The predicted octanol–water partition coefficient (Wildman–Crippen LogP) is 6.41. The molecule has 1 saturated heterocycles. The van der Waals surface area contributed by atoms with E-state index in [2.05, 4.69) is 38.1 Å². The van der Waals surface area contributed by atoms with Gasteiger partial charge in [0.05, 0.1) is 45.7 Å². The van der Waals surface area contributed by atoms with E-state index in [9.17, 15) is 20.4 Å². The quantitative estimate of drug-likeness (QED) is 0.119. The fourth-order valence-corrected chi connectivity index (χ4v) is 7.47. The number of pyridine rings is 5. The Kier molecular flexibility index (Phi) is 7.61. The third-order valence-electron chi connectivity index (χ3n) is 9.93. The van der Waals surface area contributed by atoms with Gasteiger partial charge in [0.25, 0.3) is 0 Å². The molecule has 6 heterocycles. The Morgan fingerprint density at radius 3 is 2.08 bits per heavy atom. The molecule has 11 nitrogen and oxygen atoms in total. The molecule has 1 aliphatic heterocycles. The molecule has 11 heteroatoms. The van der Waals surface area contributed by atoms with Crippen LogP contribution in [0.5, 0.6) is 23.3 Å². The number of hydrogen-bond donors (Lipinski definition) is 4. The highest BCUT2D eigenvalue weighted by molar-refractivity contribution is 6.07. The largest absolute Gasteiger partial charge is 0.506 e. The lowest BCUT2D eigenvalue weighted by molar-refractivity contribution is 0.124. The van der Waals surface area contributed by atoms with Gasteiger partial charge in [-0.05, 0) is 62.8 Å². The zero-order valence-electron chi connectivity index (χ0n) is 29.4. The number of aromatic nitrogens is 5. The molecule has 0 aliphatic carbocycles. The number of rotatable bonds is 4. The van der Waals surface area contributed by atoms with Crippen LogP contribution < -0.4 is 10.4 Å². The molecule has 1 aliphatic rings. The Labute approximate surface area is 303 Å². The summed E-state index contributed by atoms with van der Waals surface area (Å²) in [6, 6.07) is 12.5. The summed E-state index contributed by atoms with van der Waals surface area (Å²) in [6.45, 7) is 15.9. The molecule has 1 unspecified atom stereocenters. The van der Waals surface area contributed by atoms with Crippen LogP contribution >= 0.6 is 0 Å². The minimum atomic E-state index is -1.43. The van der Waals surface area contributed by atoms with E-state index in [1.54, 1.807) is 38.3 Å². The summed E-state index contributed by atoms with van der Waals surface area (Å²) in [5, 5.41) is 46.6. The Balaban J connectivity index is 1.48. The van der Waals surface area contributed by atoms with Crippen molar-refractivity contribution in [2.24, 2.45) is 4.99 Å². The van der Waals surface area contributed by atoms with Crippen molar-refractivity contribution in [3.05, 3.63) is 123 Å². The first-order chi connectivity index (χ1) is 25.4. The van der Waals surface area contributed by atoms with Crippen LogP contribution in [0.25, 0.3) is 56.4 Å². The highest BCUT2D eigenvalue weighted by Crippen LogP contribution is 2.52. The molecule has 8 rings (SSSR count). The monoisotopic (exact) mass is 702 g/mol. The summed E-state index contributed by atoms with van der Waals surface area (Å²) in [5.74, 6) is -0.0445. The Hall–Kier alpha value is -6.88. The van der Waals surface area contributed by atoms with Crippen molar-refractivity contribution in [3.8, 4) is 23.3 Å². The number of allylic oxidation sites excluding steroid dienone is 1. The van der Waals surface area contributed by atoms with Crippen molar-refractivity contribution in [3.63, 3.8) is 0 Å². The Morgan fingerprint density at radius 1 is 0.736 bits per heavy atom. The highest BCUT2D eigenvalue weighted by Gasteiger charge is 2.50. The van der Waals surface area contributed by atoms with E-state index in [1.165, 1.54) is 12.4 Å². The van der Waals surface area contributed by atoms with Gasteiger partial charge < -0.3 is 25.2 Å². The number of fused-ring (bicyclic) bond motifs is 5. The average molecular weight is 703 g/mol. The topological polar surface area (TPSA) is 167 Å². The molecule has 0 saturated carbocycles. The zero-order valence-corrected chi connectivity index (χ0v) is 29.4. The van der Waals surface area contributed by atoms with Crippen LogP contribution in [0, 0.1) is 20.8 Å². The van der Waals surface area contributed by atoms with Gasteiger partial charge in [0.1, 0.15) is 11.5 Å². The van der Waals surface area contributed by atoms with Crippen LogP contribution in [-0.2, 0) is 10.3 Å². The van der Waals surface area contributed by atoms with E-state index in [1.807, 2.05) is 50.3 Å². The van der Waals surface area contributed by atoms with E-state index in [-0.39, 0.29) is 29.7 Å². The lowest BCUT2D eigenvalue weighted by Crippen LogP contribution is -2.32. The predicted molar refractivity (Wildman–Crippen MR) is 205 cm³/mol. The van der Waals surface area contributed by atoms with Gasteiger partial charge in [-0.25, -0.2) is 19.9 Å². The normalized spacial score (nSPS) is 17.3. The molecule has 7 aromatic rings. The number of nitrogens with zero attached hydrogens (tertiary/aromatic N) is 6. The first kappa shape index (κ1) is 33.3. The zero-order chi connectivity index (χ0) is 37.3. The van der Waals surface area contributed by atoms with Crippen LogP contribution in [0.1, 0.15) is 46.9 Å². The molecule has 0 spiro atoms. The number of ether oxygens (including phenoxy) is 1. The SMILES string of the molecule is C=C1CC(c2c(C)c(O)nc(/C=c3/ccc4cc(O)cnc4c3=C)c2C)(c2c(C)c(O)nc3cc4ccc5cc(O)cnc5c4nc23)O/C1=N/C=C\C. The van der Waals surface area contributed by atoms with Crippen molar-refractivity contribution in [1.29, 1.82) is 0 Å². The second kappa shape index (κ2) is 12.1. The molecule has 5 aromatic heterocycles. The molecule has 2 aromatic carbocycles. The number of benzene rings is 2. The summed E-state index contributed by atoms with van der Waals surface area (Å²) < 4.78 is 6.98. The summed E-state index contributed by atoms with van der Waals surface area (Å²) in [5.41, 5.74) is 4.91. The van der Waals surface area contributed by atoms with Gasteiger partial charge in [0.2, 0.25) is 17.7 Å². The number of hydrogen-bond acceptors (Lipinski definition) is 11. The van der Waals surface area contributed by atoms with Crippen LogP contribution in [-0.4, -0.2) is 51.2 Å². The molecule has 0 amide bonds. The van der Waals surface area contributed by atoms with Crippen molar-refractivity contribution < 1.29 is 25.2 Å². The fourth-order valence-electron chi connectivity index (χ4n) is 7.47. The van der Waals surface area contributed by atoms with Crippen LogP contribution in [0.15, 0.2) is 84.3 Å². The maximum atomic E-state index is 11.6. The number of aromatic hydroxyl groups is 4. The maximum absolute atomic E-state index is 11.6. The molecule has 53 heavy (non-hydrogen) atoms. The minimum Gasteiger partial charge on any atom is -0.506 e. The molecular weight excluding hydrogens is 668 g/mol. The van der Waals surface area contributed by atoms with Crippen molar-refractivity contribution >= 4 is 62.3 Å². The van der Waals surface area contributed by atoms with Gasteiger partial charge in [0.15, 0.2) is 5.60 Å².